The first-order chi connectivity index (χ1) is 8.02. The number of nitrogens with one attached hydrogen (secondary N) is 1. The van der Waals surface area contributed by atoms with Gasteiger partial charge in [-0.05, 0) is 46.5 Å². The maximum Gasteiger partial charge on any atom is 0.0449 e. The minimum Gasteiger partial charge on any atom is -0.309 e. The molecule has 1 N–H and O–H groups in total. The predicted molar refractivity (Wildman–Crippen MR) is 75.5 cm³/mol. The summed E-state index contributed by atoms with van der Waals surface area (Å²) in [7, 11) is 4.26. The number of nitrogens with zero attached hydrogens (tertiary/aromatic N) is 1. The summed E-state index contributed by atoms with van der Waals surface area (Å²) in [6, 6.07) is 7.26. The summed E-state index contributed by atoms with van der Waals surface area (Å²) in [6.07, 6.45) is 1.18. The number of aryl methyl sites for hydroxylation is 2. The Morgan fingerprint density at radius 1 is 1.12 bits per heavy atom. The third-order valence-electron chi connectivity index (χ3n) is 2.83. The van der Waals surface area contributed by atoms with Crippen LogP contribution in [0.5, 0.6) is 0 Å². The standard InChI is InChI=1S/C15H26N2/c1-6-7-16-15(11-17(4)5)14-9-12(2)8-13(3)10-14/h8-10,15-16H,6-7,11H2,1-5H3. The van der Waals surface area contributed by atoms with Crippen LogP contribution in [-0.4, -0.2) is 32.1 Å². The van der Waals surface area contributed by atoms with E-state index in [1.807, 2.05) is 0 Å². The molecule has 0 radical (unpaired) electrons. The van der Waals surface area contributed by atoms with Crippen molar-refractivity contribution in [1.29, 1.82) is 0 Å². The zero-order valence-corrected chi connectivity index (χ0v) is 11.9. The van der Waals surface area contributed by atoms with Crippen molar-refractivity contribution >= 4 is 0 Å². The first-order valence-electron chi connectivity index (χ1n) is 6.49. The molecule has 0 spiro atoms. The van der Waals surface area contributed by atoms with Gasteiger partial charge in [0.1, 0.15) is 0 Å². The van der Waals surface area contributed by atoms with E-state index in [9.17, 15) is 0 Å². The molecule has 0 saturated carbocycles. The molecule has 0 aliphatic rings. The molecule has 0 fully saturated rings. The van der Waals surface area contributed by atoms with Crippen molar-refractivity contribution in [2.45, 2.75) is 33.2 Å². The Morgan fingerprint density at radius 3 is 2.18 bits per heavy atom. The van der Waals surface area contributed by atoms with Gasteiger partial charge in [0.25, 0.3) is 0 Å². The van der Waals surface area contributed by atoms with Gasteiger partial charge in [0.2, 0.25) is 0 Å². The van der Waals surface area contributed by atoms with Gasteiger partial charge in [-0.2, -0.15) is 0 Å². The predicted octanol–water partition coefficient (Wildman–Crippen LogP) is 2.91. The summed E-state index contributed by atoms with van der Waals surface area (Å²) in [5, 5.41) is 3.63. The quantitative estimate of drug-likeness (QED) is 0.814. The van der Waals surface area contributed by atoms with Gasteiger partial charge in [-0.1, -0.05) is 36.2 Å². The van der Waals surface area contributed by atoms with Crippen LogP contribution < -0.4 is 5.32 Å². The van der Waals surface area contributed by atoms with E-state index in [1.165, 1.54) is 23.1 Å². The maximum atomic E-state index is 3.63. The fraction of sp³-hybridized carbons (Fsp3) is 0.600. The van der Waals surface area contributed by atoms with Crippen LogP contribution in [0.4, 0.5) is 0 Å². The van der Waals surface area contributed by atoms with E-state index in [1.54, 1.807) is 0 Å². The Balaban J connectivity index is 2.86. The molecule has 0 heterocycles. The zero-order chi connectivity index (χ0) is 12.8. The number of hydrogen-bond donors (Lipinski definition) is 1. The number of hydrogen-bond acceptors (Lipinski definition) is 2. The molecule has 1 rings (SSSR count). The van der Waals surface area contributed by atoms with Crippen molar-refractivity contribution in [3.05, 3.63) is 34.9 Å². The van der Waals surface area contributed by atoms with Crippen molar-refractivity contribution in [2.75, 3.05) is 27.2 Å². The fourth-order valence-corrected chi connectivity index (χ4v) is 2.18. The molecular weight excluding hydrogens is 208 g/mol. The summed E-state index contributed by atoms with van der Waals surface area (Å²) in [6.45, 7) is 8.67. The molecule has 0 amide bonds. The van der Waals surface area contributed by atoms with Crippen molar-refractivity contribution < 1.29 is 0 Å². The highest BCUT2D eigenvalue weighted by Gasteiger charge is 2.12. The average molecular weight is 234 g/mol. The summed E-state index contributed by atoms with van der Waals surface area (Å²) < 4.78 is 0. The van der Waals surface area contributed by atoms with Gasteiger partial charge in [0.05, 0.1) is 0 Å². The van der Waals surface area contributed by atoms with Crippen LogP contribution in [0.15, 0.2) is 18.2 Å². The summed E-state index contributed by atoms with van der Waals surface area (Å²) >= 11 is 0. The average Bonchev–Trinajstić information content (AvgIpc) is 2.22. The third kappa shape index (κ3) is 4.88. The lowest BCUT2D eigenvalue weighted by atomic mass is 10.0. The largest absolute Gasteiger partial charge is 0.309 e. The van der Waals surface area contributed by atoms with Crippen LogP contribution in [0.3, 0.4) is 0 Å². The van der Waals surface area contributed by atoms with Gasteiger partial charge in [-0.15, -0.1) is 0 Å². The lowest BCUT2D eigenvalue weighted by Gasteiger charge is -2.23. The first-order valence-corrected chi connectivity index (χ1v) is 6.49. The summed E-state index contributed by atoms with van der Waals surface area (Å²) in [5.41, 5.74) is 4.11. The van der Waals surface area contributed by atoms with E-state index in [-0.39, 0.29) is 0 Å². The number of likely N-dealkylation sites (N-methyl/N-ethyl adjacent to an activating group) is 1. The van der Waals surface area contributed by atoms with Crippen LogP contribution in [0, 0.1) is 13.8 Å². The highest BCUT2D eigenvalue weighted by molar-refractivity contribution is 5.30. The lowest BCUT2D eigenvalue weighted by molar-refractivity contribution is 0.342. The van der Waals surface area contributed by atoms with Gasteiger partial charge in [-0.25, -0.2) is 0 Å². The van der Waals surface area contributed by atoms with Gasteiger partial charge in [0.15, 0.2) is 0 Å². The molecule has 0 aliphatic heterocycles. The smallest absolute Gasteiger partial charge is 0.0449 e. The van der Waals surface area contributed by atoms with Crippen molar-refractivity contribution in [3.8, 4) is 0 Å². The second-order valence-electron chi connectivity index (χ2n) is 5.19. The molecule has 0 bridgehead atoms. The lowest BCUT2D eigenvalue weighted by Crippen LogP contribution is -2.31. The highest BCUT2D eigenvalue weighted by atomic mass is 15.1. The first kappa shape index (κ1) is 14.2. The number of benzene rings is 1. The van der Waals surface area contributed by atoms with Crippen molar-refractivity contribution in [3.63, 3.8) is 0 Å². The summed E-state index contributed by atoms with van der Waals surface area (Å²) in [4.78, 5) is 2.24. The highest BCUT2D eigenvalue weighted by Crippen LogP contribution is 2.17. The molecule has 96 valence electrons. The molecule has 17 heavy (non-hydrogen) atoms. The van der Waals surface area contributed by atoms with Crippen LogP contribution in [0.2, 0.25) is 0 Å². The van der Waals surface area contributed by atoms with E-state index in [0.717, 1.165) is 13.1 Å². The van der Waals surface area contributed by atoms with Crippen LogP contribution in [-0.2, 0) is 0 Å². The van der Waals surface area contributed by atoms with E-state index >= 15 is 0 Å². The van der Waals surface area contributed by atoms with E-state index in [4.69, 9.17) is 0 Å². The maximum absolute atomic E-state index is 3.63. The minimum atomic E-state index is 0.434. The molecule has 0 aliphatic carbocycles. The molecule has 2 nitrogen and oxygen atoms in total. The zero-order valence-electron chi connectivity index (χ0n) is 11.9. The third-order valence-corrected chi connectivity index (χ3v) is 2.83. The summed E-state index contributed by atoms with van der Waals surface area (Å²) in [5.74, 6) is 0. The normalized spacial score (nSPS) is 13.1. The second-order valence-corrected chi connectivity index (χ2v) is 5.19. The Kier molecular flexibility index (Phi) is 5.66. The van der Waals surface area contributed by atoms with E-state index < -0.39 is 0 Å². The molecule has 2 heteroatoms. The van der Waals surface area contributed by atoms with Crippen molar-refractivity contribution in [2.24, 2.45) is 0 Å². The van der Waals surface area contributed by atoms with Gasteiger partial charge < -0.3 is 10.2 Å². The van der Waals surface area contributed by atoms with Gasteiger partial charge in [-0.3, -0.25) is 0 Å². The van der Waals surface area contributed by atoms with Crippen LogP contribution in [0.1, 0.15) is 36.1 Å². The molecular formula is C15H26N2. The second kappa shape index (κ2) is 6.77. The monoisotopic (exact) mass is 234 g/mol. The molecule has 1 aromatic carbocycles. The number of rotatable bonds is 6. The Bertz CT molecular complexity index is 325. The van der Waals surface area contributed by atoms with Crippen LogP contribution >= 0.6 is 0 Å². The molecule has 0 aromatic heterocycles. The van der Waals surface area contributed by atoms with Gasteiger partial charge in [0, 0.05) is 12.6 Å². The molecule has 1 unspecified atom stereocenters. The molecule has 1 atom stereocenters. The van der Waals surface area contributed by atoms with Crippen LogP contribution in [0.25, 0.3) is 0 Å². The Hall–Kier alpha value is -0.860. The molecule has 0 saturated heterocycles. The van der Waals surface area contributed by atoms with Gasteiger partial charge >= 0.3 is 0 Å². The molecule has 1 aromatic rings. The minimum absolute atomic E-state index is 0.434. The van der Waals surface area contributed by atoms with E-state index in [0.29, 0.717) is 6.04 Å². The Morgan fingerprint density at radius 2 is 1.71 bits per heavy atom. The fourth-order valence-electron chi connectivity index (χ4n) is 2.18. The topological polar surface area (TPSA) is 15.3 Å². The van der Waals surface area contributed by atoms with E-state index in [2.05, 4.69) is 63.3 Å². The Labute approximate surface area is 106 Å². The SMILES string of the molecule is CCCNC(CN(C)C)c1cc(C)cc(C)c1. The van der Waals surface area contributed by atoms with Crippen molar-refractivity contribution in [1.82, 2.24) is 10.2 Å².